The van der Waals surface area contributed by atoms with E-state index in [0.717, 1.165) is 29.5 Å². The number of carbonyl (C=O) groups excluding carboxylic acids is 1. The molecule has 0 aliphatic carbocycles. The number of hydrogen-bond donors (Lipinski definition) is 1. The first kappa shape index (κ1) is 12.6. The average molecular weight is 246 g/mol. The van der Waals surface area contributed by atoms with Crippen LogP contribution in [0.3, 0.4) is 0 Å². The van der Waals surface area contributed by atoms with Crippen LogP contribution >= 0.6 is 0 Å². The van der Waals surface area contributed by atoms with Gasteiger partial charge in [-0.15, -0.1) is 0 Å². The minimum Gasteiger partial charge on any atom is -0.441 e. The van der Waals surface area contributed by atoms with E-state index in [-0.39, 0.29) is 5.91 Å². The number of hydrogen-bond acceptors (Lipinski definition) is 3. The van der Waals surface area contributed by atoms with Crippen LogP contribution < -0.4 is 5.32 Å². The van der Waals surface area contributed by atoms with E-state index in [4.69, 9.17) is 4.42 Å². The summed E-state index contributed by atoms with van der Waals surface area (Å²) in [5.74, 6) is 0.764. The van der Waals surface area contributed by atoms with Crippen LogP contribution in [-0.2, 0) is 11.3 Å². The predicted octanol–water partition coefficient (Wildman–Crippen LogP) is 2.94. The lowest BCUT2D eigenvalue weighted by molar-refractivity contribution is -0.121. The molecule has 1 aromatic carbocycles. The fourth-order valence-electron chi connectivity index (χ4n) is 1.82. The second-order valence-corrected chi connectivity index (χ2v) is 4.42. The first-order chi connectivity index (χ1) is 8.69. The first-order valence-corrected chi connectivity index (χ1v) is 6.32. The minimum absolute atomic E-state index is 0.102. The fraction of sp³-hybridized carbons (Fsp3) is 0.429. The maximum absolute atomic E-state index is 11.5. The molecule has 4 nitrogen and oxygen atoms in total. The van der Waals surface area contributed by atoms with Crippen molar-refractivity contribution in [3.63, 3.8) is 0 Å². The molecule has 0 saturated heterocycles. The van der Waals surface area contributed by atoms with Gasteiger partial charge in [-0.2, -0.15) is 0 Å². The number of fused-ring (bicyclic) bond motifs is 1. The molecule has 18 heavy (non-hydrogen) atoms. The van der Waals surface area contributed by atoms with Crippen molar-refractivity contribution in [1.29, 1.82) is 0 Å². The Morgan fingerprint density at radius 3 is 3.06 bits per heavy atom. The van der Waals surface area contributed by atoms with Gasteiger partial charge in [-0.25, -0.2) is 4.98 Å². The molecule has 2 rings (SSSR count). The zero-order chi connectivity index (χ0) is 13.0. The summed E-state index contributed by atoms with van der Waals surface area (Å²) in [7, 11) is 0. The molecule has 0 bridgehead atoms. The maximum atomic E-state index is 11.5. The highest BCUT2D eigenvalue weighted by atomic mass is 16.3. The summed E-state index contributed by atoms with van der Waals surface area (Å²) in [6, 6.07) is 5.80. The molecular formula is C14H18N2O2. The highest BCUT2D eigenvalue weighted by molar-refractivity contribution is 5.76. The van der Waals surface area contributed by atoms with Crippen LogP contribution in [0.2, 0.25) is 0 Å². The van der Waals surface area contributed by atoms with Crippen molar-refractivity contribution in [2.45, 2.75) is 39.7 Å². The van der Waals surface area contributed by atoms with Gasteiger partial charge >= 0.3 is 0 Å². The smallest absolute Gasteiger partial charge is 0.220 e. The lowest BCUT2D eigenvalue weighted by Gasteiger charge is -2.04. The summed E-state index contributed by atoms with van der Waals surface area (Å²) in [5.41, 5.74) is 2.66. The van der Waals surface area contributed by atoms with E-state index >= 15 is 0 Å². The Hall–Kier alpha value is -1.84. The number of oxazole rings is 1. The van der Waals surface area contributed by atoms with Crippen LogP contribution in [0.1, 0.15) is 37.6 Å². The monoisotopic (exact) mass is 246 g/mol. The Bertz CT molecular complexity index is 546. The molecule has 4 heteroatoms. The van der Waals surface area contributed by atoms with E-state index in [9.17, 15) is 4.79 Å². The zero-order valence-corrected chi connectivity index (χ0v) is 10.8. The third-order valence-corrected chi connectivity index (χ3v) is 2.81. The summed E-state index contributed by atoms with van der Waals surface area (Å²) < 4.78 is 5.46. The SMILES string of the molecule is CCCCC(=O)NCc1ccc2nc(C)oc2c1. The highest BCUT2D eigenvalue weighted by Gasteiger charge is 2.04. The van der Waals surface area contributed by atoms with Crippen LogP contribution in [0.4, 0.5) is 0 Å². The molecule has 2 aromatic rings. The lowest BCUT2D eigenvalue weighted by atomic mass is 10.2. The van der Waals surface area contributed by atoms with Gasteiger partial charge in [0.25, 0.3) is 0 Å². The number of carbonyl (C=O) groups is 1. The van der Waals surface area contributed by atoms with Crippen molar-refractivity contribution in [2.75, 3.05) is 0 Å². The summed E-state index contributed by atoms with van der Waals surface area (Å²) in [6.07, 6.45) is 2.57. The van der Waals surface area contributed by atoms with Gasteiger partial charge in [0.05, 0.1) is 0 Å². The summed E-state index contributed by atoms with van der Waals surface area (Å²) in [5, 5.41) is 2.90. The van der Waals surface area contributed by atoms with Gasteiger partial charge in [-0.1, -0.05) is 19.4 Å². The molecule has 0 unspecified atom stereocenters. The summed E-state index contributed by atoms with van der Waals surface area (Å²) in [6.45, 7) is 4.44. The molecule has 0 spiro atoms. The molecule has 96 valence electrons. The Balaban J connectivity index is 1.97. The average Bonchev–Trinajstić information content (AvgIpc) is 2.73. The molecule has 1 heterocycles. The third kappa shape index (κ3) is 3.09. The van der Waals surface area contributed by atoms with Crippen molar-refractivity contribution in [3.05, 3.63) is 29.7 Å². The van der Waals surface area contributed by atoms with Gasteiger partial charge in [0.2, 0.25) is 5.91 Å². The predicted molar refractivity (Wildman–Crippen MR) is 70.1 cm³/mol. The zero-order valence-electron chi connectivity index (χ0n) is 10.8. The number of unbranched alkanes of at least 4 members (excludes halogenated alkanes) is 1. The number of amides is 1. The largest absolute Gasteiger partial charge is 0.441 e. The Morgan fingerprint density at radius 1 is 1.44 bits per heavy atom. The van der Waals surface area contributed by atoms with Crippen LogP contribution in [0, 0.1) is 6.92 Å². The van der Waals surface area contributed by atoms with Gasteiger partial charge in [0.15, 0.2) is 11.5 Å². The van der Waals surface area contributed by atoms with E-state index in [1.165, 1.54) is 0 Å². The van der Waals surface area contributed by atoms with Crippen molar-refractivity contribution < 1.29 is 9.21 Å². The van der Waals surface area contributed by atoms with Gasteiger partial charge in [0, 0.05) is 19.9 Å². The van der Waals surface area contributed by atoms with Crippen molar-refractivity contribution in [2.24, 2.45) is 0 Å². The van der Waals surface area contributed by atoms with E-state index in [1.807, 2.05) is 25.1 Å². The molecule has 0 aliphatic heterocycles. The topological polar surface area (TPSA) is 55.1 Å². The fourth-order valence-corrected chi connectivity index (χ4v) is 1.82. The van der Waals surface area contributed by atoms with E-state index < -0.39 is 0 Å². The molecule has 1 amide bonds. The molecule has 0 atom stereocenters. The number of nitrogens with zero attached hydrogens (tertiary/aromatic N) is 1. The number of aryl methyl sites for hydroxylation is 1. The normalized spacial score (nSPS) is 10.8. The minimum atomic E-state index is 0.102. The van der Waals surface area contributed by atoms with Crippen LogP contribution in [0.25, 0.3) is 11.1 Å². The molecule has 1 N–H and O–H groups in total. The Labute approximate surface area is 106 Å². The van der Waals surface area contributed by atoms with Gasteiger partial charge in [-0.3, -0.25) is 4.79 Å². The third-order valence-electron chi connectivity index (χ3n) is 2.81. The second kappa shape index (κ2) is 5.67. The van der Waals surface area contributed by atoms with E-state index in [2.05, 4.69) is 17.2 Å². The Morgan fingerprint density at radius 2 is 2.28 bits per heavy atom. The standard InChI is InChI=1S/C14H18N2O2/c1-3-4-5-14(17)15-9-11-6-7-12-13(8-11)18-10(2)16-12/h6-8H,3-5,9H2,1-2H3,(H,15,17). The molecule has 1 aromatic heterocycles. The summed E-state index contributed by atoms with van der Waals surface area (Å²) >= 11 is 0. The number of nitrogens with one attached hydrogen (secondary N) is 1. The van der Waals surface area contributed by atoms with E-state index in [1.54, 1.807) is 0 Å². The molecular weight excluding hydrogens is 228 g/mol. The first-order valence-electron chi connectivity index (χ1n) is 6.32. The molecule has 0 aliphatic rings. The Kier molecular flexibility index (Phi) is 3.97. The van der Waals surface area contributed by atoms with Crippen LogP contribution in [-0.4, -0.2) is 10.9 Å². The maximum Gasteiger partial charge on any atom is 0.220 e. The van der Waals surface area contributed by atoms with Crippen LogP contribution in [0.5, 0.6) is 0 Å². The lowest BCUT2D eigenvalue weighted by Crippen LogP contribution is -2.22. The van der Waals surface area contributed by atoms with E-state index in [0.29, 0.717) is 18.9 Å². The molecule has 0 fully saturated rings. The molecule has 0 radical (unpaired) electrons. The van der Waals surface area contributed by atoms with Gasteiger partial charge in [0.1, 0.15) is 5.52 Å². The van der Waals surface area contributed by atoms with Crippen molar-refractivity contribution in [3.8, 4) is 0 Å². The summed E-state index contributed by atoms with van der Waals surface area (Å²) in [4.78, 5) is 15.7. The van der Waals surface area contributed by atoms with Gasteiger partial charge in [-0.05, 0) is 24.1 Å². The van der Waals surface area contributed by atoms with Crippen molar-refractivity contribution in [1.82, 2.24) is 10.3 Å². The van der Waals surface area contributed by atoms with Crippen molar-refractivity contribution >= 4 is 17.0 Å². The highest BCUT2D eigenvalue weighted by Crippen LogP contribution is 2.16. The van der Waals surface area contributed by atoms with Crippen LogP contribution in [0.15, 0.2) is 22.6 Å². The quantitative estimate of drug-likeness (QED) is 0.882. The number of benzene rings is 1. The molecule has 0 saturated carbocycles. The number of aromatic nitrogens is 1. The van der Waals surface area contributed by atoms with Gasteiger partial charge < -0.3 is 9.73 Å². The number of rotatable bonds is 5. The second-order valence-electron chi connectivity index (χ2n) is 4.42.